The van der Waals surface area contributed by atoms with Gasteiger partial charge in [-0.15, -0.1) is 0 Å². The second-order valence-corrected chi connectivity index (χ2v) is 12.5. The van der Waals surface area contributed by atoms with Gasteiger partial charge in [-0.05, 0) is 55.5 Å². The van der Waals surface area contributed by atoms with Crippen LogP contribution in [-0.4, -0.2) is 51.7 Å². The number of fused-ring (bicyclic) bond motifs is 1. The number of carbonyl (C=O) groups excluding carboxylic acids is 1. The molecule has 5 rings (SSSR count). The fourth-order valence-electron chi connectivity index (χ4n) is 4.59. The van der Waals surface area contributed by atoms with Gasteiger partial charge in [-0.1, -0.05) is 12.1 Å². The van der Waals surface area contributed by atoms with Crippen molar-refractivity contribution in [3.05, 3.63) is 69.6 Å². The van der Waals surface area contributed by atoms with Crippen molar-refractivity contribution in [3.8, 4) is 11.9 Å². The van der Waals surface area contributed by atoms with Crippen molar-refractivity contribution in [2.45, 2.75) is 41.7 Å². The lowest BCUT2D eigenvalue weighted by Crippen LogP contribution is -2.41. The monoisotopic (exact) mass is 522 g/mol. The lowest BCUT2D eigenvalue weighted by atomic mass is 10.1. The third-order valence-corrected chi connectivity index (χ3v) is 10.7. The Bertz CT molecular complexity index is 1600. The molecule has 2 N–H and O–H groups in total. The van der Waals surface area contributed by atoms with Gasteiger partial charge < -0.3 is 19.7 Å². The Morgan fingerprint density at radius 3 is 2.46 bits per heavy atom. The fourth-order valence-corrected chi connectivity index (χ4v) is 7.17. The number of nitrogens with one attached hydrogen (secondary N) is 1. The molecule has 2 heterocycles. The molecule has 0 aliphatic heterocycles. The smallest absolute Gasteiger partial charge is 0.263 e. The molecule has 2 fully saturated rings. The number of nitrogens with zero attached hydrogens (tertiary/aromatic N) is 3. The Morgan fingerprint density at radius 1 is 1.19 bits per heavy atom. The molecule has 0 atom stereocenters. The maximum absolute atomic E-state index is 13.2. The summed E-state index contributed by atoms with van der Waals surface area (Å²) in [5.74, 6) is -0.440. The van der Waals surface area contributed by atoms with Crippen LogP contribution in [0.15, 0.2) is 47.4 Å². The van der Waals surface area contributed by atoms with Gasteiger partial charge in [0, 0.05) is 25.2 Å². The molecule has 1 amide bonds. The topological polar surface area (TPSA) is 151 Å². The lowest BCUT2D eigenvalue weighted by molar-refractivity contribution is 0.0949. The van der Waals surface area contributed by atoms with E-state index in [1.54, 1.807) is 30.3 Å². The number of hydrogen-bond acceptors (Lipinski definition) is 8. The van der Waals surface area contributed by atoms with Crippen molar-refractivity contribution >= 4 is 26.6 Å². The molecule has 11 heteroatoms. The van der Waals surface area contributed by atoms with Crippen LogP contribution < -0.4 is 15.6 Å². The molecule has 2 aliphatic rings. The van der Waals surface area contributed by atoms with Crippen molar-refractivity contribution in [1.82, 2.24) is 14.9 Å². The number of sulfone groups is 1. The van der Waals surface area contributed by atoms with E-state index in [0.29, 0.717) is 42.1 Å². The Morgan fingerprint density at radius 2 is 1.86 bits per heavy atom. The van der Waals surface area contributed by atoms with Crippen LogP contribution in [0.5, 0.6) is 5.88 Å². The molecule has 0 saturated heterocycles. The highest BCUT2D eigenvalue weighted by Crippen LogP contribution is 2.56. The molecule has 3 aromatic rings. The molecule has 2 aliphatic carbocycles. The quantitative estimate of drug-likeness (QED) is 0.430. The first kappa shape index (κ1) is 24.9. The molecule has 0 spiro atoms. The molecule has 1 aromatic carbocycles. The molecule has 0 bridgehead atoms. The number of pyridine rings is 2. The molecular formula is C26H26N4O6S. The summed E-state index contributed by atoms with van der Waals surface area (Å²) in [7, 11) is -2.09. The third-order valence-electron chi connectivity index (χ3n) is 7.39. The van der Waals surface area contributed by atoms with E-state index in [2.05, 4.69) is 10.3 Å². The van der Waals surface area contributed by atoms with Gasteiger partial charge >= 0.3 is 0 Å². The second kappa shape index (κ2) is 8.97. The van der Waals surface area contributed by atoms with Crippen LogP contribution in [0.4, 0.5) is 0 Å². The number of aryl methyl sites for hydroxylation is 1. The molecular weight excluding hydrogens is 496 g/mol. The van der Waals surface area contributed by atoms with Gasteiger partial charge in [0.2, 0.25) is 5.88 Å². The van der Waals surface area contributed by atoms with Crippen LogP contribution in [0.2, 0.25) is 0 Å². The van der Waals surface area contributed by atoms with E-state index in [0.717, 1.165) is 5.56 Å². The van der Waals surface area contributed by atoms with E-state index in [9.17, 15) is 23.1 Å². The molecule has 10 nitrogen and oxygen atoms in total. The van der Waals surface area contributed by atoms with Gasteiger partial charge in [0.15, 0.2) is 9.84 Å². The number of rotatable bonds is 9. The fraction of sp³-hybridized carbons (Fsp3) is 0.385. The molecule has 2 aromatic heterocycles. The summed E-state index contributed by atoms with van der Waals surface area (Å²) in [6.07, 6.45) is 3.27. The molecule has 37 heavy (non-hydrogen) atoms. The minimum absolute atomic E-state index is 0.0549. The predicted octanol–water partition coefficient (Wildman–Crippen LogP) is 1.59. The average molecular weight is 523 g/mol. The number of hydrogen-bond donors (Lipinski definition) is 2. The van der Waals surface area contributed by atoms with Crippen LogP contribution in [0.25, 0.3) is 10.9 Å². The first-order chi connectivity index (χ1) is 17.7. The number of amides is 1. The van der Waals surface area contributed by atoms with E-state index in [4.69, 9.17) is 10.00 Å². The van der Waals surface area contributed by atoms with E-state index in [-0.39, 0.29) is 24.6 Å². The highest BCUT2D eigenvalue weighted by molar-refractivity contribution is 7.94. The minimum atomic E-state index is -3.60. The highest BCUT2D eigenvalue weighted by Gasteiger charge is 2.67. The summed E-state index contributed by atoms with van der Waals surface area (Å²) in [5.41, 5.74) is 1.04. The zero-order valence-electron chi connectivity index (χ0n) is 20.2. The molecule has 192 valence electrons. The van der Waals surface area contributed by atoms with Crippen LogP contribution in [0, 0.1) is 11.3 Å². The summed E-state index contributed by atoms with van der Waals surface area (Å²) in [6.45, 7) is -0.333. The zero-order valence-corrected chi connectivity index (χ0v) is 21.0. The Labute approximate surface area is 213 Å². The largest absolute Gasteiger partial charge is 0.474 e. The maximum atomic E-state index is 13.2. The average Bonchev–Trinajstić information content (AvgIpc) is 3.83. The molecule has 0 unspecified atom stereocenters. The van der Waals surface area contributed by atoms with E-state index in [1.807, 2.05) is 6.07 Å². The van der Waals surface area contributed by atoms with Crippen molar-refractivity contribution < 1.29 is 23.1 Å². The lowest BCUT2D eigenvalue weighted by Gasteiger charge is -2.23. The Balaban J connectivity index is 1.37. The summed E-state index contributed by atoms with van der Waals surface area (Å²) >= 11 is 0. The number of aliphatic hydroxyl groups excluding tert-OH is 1. The zero-order chi connectivity index (χ0) is 26.4. The number of carbonyl (C=O) groups is 1. The van der Waals surface area contributed by atoms with Crippen LogP contribution in [0.1, 0.15) is 47.2 Å². The van der Waals surface area contributed by atoms with E-state index in [1.165, 1.54) is 23.9 Å². The van der Waals surface area contributed by atoms with Gasteiger partial charge in [-0.3, -0.25) is 9.59 Å². The standard InChI is InChI=1S/C26H26N4O6S/c1-30-21-19(12-20(24(30)33)22(32)29-14-18-4-2-17(13-27)3-5-18)6-11-28-23(21)36-16-26(9-10-26)37(34,35)25(15-31)7-8-25/h2-6,11-12,31H,7-10,14-16H2,1H3,(H,29,32). The van der Waals surface area contributed by atoms with Gasteiger partial charge in [-0.25, -0.2) is 13.4 Å². The summed E-state index contributed by atoms with van der Waals surface area (Å²) < 4.78 is 31.4. The van der Waals surface area contributed by atoms with Crippen molar-refractivity contribution in [1.29, 1.82) is 5.26 Å². The highest BCUT2D eigenvalue weighted by atomic mass is 32.2. The second-order valence-electron chi connectivity index (χ2n) is 9.78. The summed E-state index contributed by atoms with van der Waals surface area (Å²) in [4.78, 5) is 30.2. The van der Waals surface area contributed by atoms with Crippen molar-refractivity contribution in [2.75, 3.05) is 13.2 Å². The maximum Gasteiger partial charge on any atom is 0.263 e. The van der Waals surface area contributed by atoms with Gasteiger partial charge in [-0.2, -0.15) is 5.26 Å². The van der Waals surface area contributed by atoms with Crippen LogP contribution in [0.3, 0.4) is 0 Å². The number of nitriles is 1. The van der Waals surface area contributed by atoms with Crippen molar-refractivity contribution in [3.63, 3.8) is 0 Å². The molecule has 0 radical (unpaired) electrons. The number of benzene rings is 1. The summed E-state index contributed by atoms with van der Waals surface area (Å²) in [6, 6.07) is 11.9. The van der Waals surface area contributed by atoms with Gasteiger partial charge in [0.1, 0.15) is 22.4 Å². The number of ether oxygens (including phenoxy) is 1. The van der Waals surface area contributed by atoms with Gasteiger partial charge in [0.05, 0.1) is 23.0 Å². The Kier molecular flexibility index (Phi) is 6.04. The van der Waals surface area contributed by atoms with E-state index < -0.39 is 37.4 Å². The first-order valence-electron chi connectivity index (χ1n) is 11.9. The number of aromatic nitrogens is 2. The number of aliphatic hydroxyl groups is 1. The third kappa shape index (κ3) is 4.16. The van der Waals surface area contributed by atoms with Crippen LogP contribution >= 0.6 is 0 Å². The van der Waals surface area contributed by atoms with Gasteiger partial charge in [0.25, 0.3) is 11.5 Å². The van der Waals surface area contributed by atoms with Crippen LogP contribution in [-0.2, 0) is 23.4 Å². The predicted molar refractivity (Wildman–Crippen MR) is 135 cm³/mol. The normalized spacial score (nSPS) is 17.1. The first-order valence-corrected chi connectivity index (χ1v) is 13.4. The molecule has 2 saturated carbocycles. The Hall–Kier alpha value is -3.75. The minimum Gasteiger partial charge on any atom is -0.474 e. The van der Waals surface area contributed by atoms with E-state index >= 15 is 0 Å². The van der Waals surface area contributed by atoms with Crippen molar-refractivity contribution in [2.24, 2.45) is 7.05 Å². The summed E-state index contributed by atoms with van der Waals surface area (Å²) in [5, 5.41) is 21.8. The SMILES string of the molecule is Cn1c(=O)c(C(=O)NCc2ccc(C#N)cc2)cc2ccnc(OCC3(S(=O)(=O)C4(CO)CC4)CC3)c21.